The molecule has 1 unspecified atom stereocenters. The Hall–Kier alpha value is -1.88. The maximum Gasteiger partial charge on any atom is 0.256 e. The minimum absolute atomic E-state index is 0.160. The van der Waals surface area contributed by atoms with E-state index in [1.807, 2.05) is 0 Å². The van der Waals surface area contributed by atoms with E-state index >= 15 is 0 Å². The van der Waals surface area contributed by atoms with Crippen LogP contribution in [0.3, 0.4) is 0 Å². The number of fused-ring (bicyclic) bond motifs is 1. The number of rotatable bonds is 1. The Balaban J connectivity index is 1.87. The van der Waals surface area contributed by atoms with Crippen LogP contribution in [0.2, 0.25) is 5.15 Å². The number of hydrogen-bond donors (Lipinski definition) is 1. The summed E-state index contributed by atoms with van der Waals surface area (Å²) < 4.78 is 0. The number of piperidine rings is 1. The summed E-state index contributed by atoms with van der Waals surface area (Å²) in [6.07, 6.45) is 1.28. The molecule has 0 spiro atoms. The van der Waals surface area contributed by atoms with Crippen LogP contribution in [0.5, 0.6) is 0 Å². The van der Waals surface area contributed by atoms with Gasteiger partial charge in [0.05, 0.1) is 17.8 Å². The van der Waals surface area contributed by atoms with E-state index in [4.69, 9.17) is 11.6 Å². The molecule has 0 aliphatic carbocycles. The second-order valence-corrected chi connectivity index (χ2v) is 5.10. The Kier molecular flexibility index (Phi) is 2.78. The first-order valence-electron chi connectivity index (χ1n) is 6.01. The minimum atomic E-state index is -0.453. The number of carbonyl (C=O) groups is 2. The first kappa shape index (κ1) is 12.2. The van der Waals surface area contributed by atoms with Crippen molar-refractivity contribution in [1.29, 1.82) is 0 Å². The average Bonchev–Trinajstić information content (AvgIpc) is 2.66. The van der Waals surface area contributed by atoms with Crippen molar-refractivity contribution < 1.29 is 9.59 Å². The largest absolute Gasteiger partial charge is 0.329 e. The zero-order valence-corrected chi connectivity index (χ0v) is 10.9. The van der Waals surface area contributed by atoms with Crippen LogP contribution in [0.4, 0.5) is 0 Å². The number of nitrogens with zero attached hydrogens (tertiary/aromatic N) is 2. The smallest absolute Gasteiger partial charge is 0.256 e. The van der Waals surface area contributed by atoms with E-state index < -0.39 is 6.04 Å². The van der Waals surface area contributed by atoms with Crippen LogP contribution < -0.4 is 5.32 Å². The average molecular weight is 278 g/mol. The molecule has 0 aromatic carbocycles. The number of aromatic nitrogens is 1. The SMILES string of the molecule is C=C1CCC(N2Cc3nc(Cl)ccc3C2=O)C(=O)N1. The Morgan fingerprint density at radius 2 is 2.21 bits per heavy atom. The molecular weight excluding hydrogens is 266 g/mol. The highest BCUT2D eigenvalue weighted by Gasteiger charge is 2.38. The van der Waals surface area contributed by atoms with Crippen molar-refractivity contribution in [3.05, 3.63) is 40.8 Å². The van der Waals surface area contributed by atoms with Gasteiger partial charge in [0, 0.05) is 5.70 Å². The number of hydrogen-bond acceptors (Lipinski definition) is 3. The molecular formula is C13H12ClN3O2. The molecule has 3 heterocycles. The zero-order valence-electron chi connectivity index (χ0n) is 10.1. The molecule has 0 bridgehead atoms. The van der Waals surface area contributed by atoms with Crippen molar-refractivity contribution in [2.24, 2.45) is 0 Å². The Bertz CT molecular complexity index is 600. The van der Waals surface area contributed by atoms with E-state index in [1.54, 1.807) is 17.0 Å². The minimum Gasteiger partial charge on any atom is -0.329 e. The van der Waals surface area contributed by atoms with Crippen LogP contribution in [0, 0.1) is 0 Å². The molecule has 2 amide bonds. The third kappa shape index (κ3) is 2.00. The number of allylic oxidation sites excluding steroid dienone is 1. The summed E-state index contributed by atoms with van der Waals surface area (Å²) in [7, 11) is 0. The fourth-order valence-corrected chi connectivity index (χ4v) is 2.65. The molecule has 0 radical (unpaired) electrons. The van der Waals surface area contributed by atoms with Crippen LogP contribution in [-0.2, 0) is 11.3 Å². The summed E-state index contributed by atoms with van der Waals surface area (Å²) in [5, 5.41) is 3.05. The van der Waals surface area contributed by atoms with Gasteiger partial charge in [-0.15, -0.1) is 0 Å². The van der Waals surface area contributed by atoms with Crippen molar-refractivity contribution in [2.75, 3.05) is 0 Å². The summed E-state index contributed by atoms with van der Waals surface area (Å²) in [5.74, 6) is -0.338. The molecule has 1 saturated heterocycles. The molecule has 1 fully saturated rings. The summed E-state index contributed by atoms with van der Waals surface area (Å²) in [6.45, 7) is 4.06. The van der Waals surface area contributed by atoms with Gasteiger partial charge in [0.15, 0.2) is 0 Å². The molecule has 2 aliphatic heterocycles. The summed E-state index contributed by atoms with van der Waals surface area (Å²) in [4.78, 5) is 29.9. The molecule has 5 nitrogen and oxygen atoms in total. The second kappa shape index (κ2) is 4.35. The number of nitrogens with one attached hydrogen (secondary N) is 1. The Morgan fingerprint density at radius 3 is 2.95 bits per heavy atom. The lowest BCUT2D eigenvalue weighted by molar-refractivity contribution is -0.126. The number of pyridine rings is 1. The lowest BCUT2D eigenvalue weighted by Gasteiger charge is -2.30. The van der Waals surface area contributed by atoms with Gasteiger partial charge >= 0.3 is 0 Å². The van der Waals surface area contributed by atoms with Gasteiger partial charge in [-0.2, -0.15) is 0 Å². The molecule has 98 valence electrons. The number of carbonyl (C=O) groups excluding carboxylic acids is 2. The molecule has 6 heteroatoms. The van der Waals surface area contributed by atoms with Gasteiger partial charge in [-0.05, 0) is 25.0 Å². The third-order valence-electron chi connectivity index (χ3n) is 3.45. The fraction of sp³-hybridized carbons (Fsp3) is 0.308. The molecule has 19 heavy (non-hydrogen) atoms. The maximum absolute atomic E-state index is 12.3. The van der Waals surface area contributed by atoms with Gasteiger partial charge < -0.3 is 10.2 Å². The van der Waals surface area contributed by atoms with Gasteiger partial charge in [-0.3, -0.25) is 9.59 Å². The first-order valence-corrected chi connectivity index (χ1v) is 6.39. The second-order valence-electron chi connectivity index (χ2n) is 4.71. The van der Waals surface area contributed by atoms with E-state index in [0.29, 0.717) is 41.5 Å². The third-order valence-corrected chi connectivity index (χ3v) is 3.66. The first-order chi connectivity index (χ1) is 9.06. The molecule has 3 rings (SSSR count). The lowest BCUT2D eigenvalue weighted by Crippen LogP contribution is -2.49. The van der Waals surface area contributed by atoms with Crippen LogP contribution in [0.15, 0.2) is 24.4 Å². The van der Waals surface area contributed by atoms with E-state index in [1.165, 1.54) is 0 Å². The van der Waals surface area contributed by atoms with E-state index in [-0.39, 0.29) is 11.8 Å². The van der Waals surface area contributed by atoms with Crippen molar-refractivity contribution in [2.45, 2.75) is 25.4 Å². The highest BCUT2D eigenvalue weighted by atomic mass is 35.5. The summed E-state index contributed by atoms with van der Waals surface area (Å²) >= 11 is 5.82. The zero-order chi connectivity index (χ0) is 13.6. The number of amides is 2. The van der Waals surface area contributed by atoms with Gasteiger partial charge in [0.1, 0.15) is 11.2 Å². The number of halogens is 1. The molecule has 1 aromatic heterocycles. The maximum atomic E-state index is 12.3. The highest BCUT2D eigenvalue weighted by molar-refractivity contribution is 6.29. The molecule has 1 atom stereocenters. The fourth-order valence-electron chi connectivity index (χ4n) is 2.49. The van der Waals surface area contributed by atoms with Gasteiger partial charge in [0.2, 0.25) is 5.91 Å². The monoisotopic (exact) mass is 277 g/mol. The molecule has 1 aromatic rings. The van der Waals surface area contributed by atoms with Crippen molar-refractivity contribution in [3.8, 4) is 0 Å². The predicted octanol–water partition coefficient (Wildman–Crippen LogP) is 1.48. The van der Waals surface area contributed by atoms with E-state index in [2.05, 4.69) is 16.9 Å². The van der Waals surface area contributed by atoms with E-state index in [9.17, 15) is 9.59 Å². The van der Waals surface area contributed by atoms with Gasteiger partial charge in [0.25, 0.3) is 5.91 Å². The van der Waals surface area contributed by atoms with Crippen molar-refractivity contribution >= 4 is 23.4 Å². The van der Waals surface area contributed by atoms with Crippen molar-refractivity contribution in [3.63, 3.8) is 0 Å². The summed E-state index contributed by atoms with van der Waals surface area (Å²) in [5.41, 5.74) is 1.86. The lowest BCUT2D eigenvalue weighted by atomic mass is 10.0. The normalized spacial score (nSPS) is 22.5. The molecule has 1 N–H and O–H groups in total. The topological polar surface area (TPSA) is 62.3 Å². The van der Waals surface area contributed by atoms with Crippen LogP contribution in [0.1, 0.15) is 28.9 Å². The van der Waals surface area contributed by atoms with Gasteiger partial charge in [-0.1, -0.05) is 18.2 Å². The van der Waals surface area contributed by atoms with Crippen molar-refractivity contribution in [1.82, 2.24) is 15.2 Å². The standard InChI is InChI=1S/C13H12ClN3O2/c1-7-2-4-10(12(18)15-7)17-6-9-8(13(17)19)3-5-11(14)16-9/h3,5,10H,1-2,4,6H2,(H,15,18). The van der Waals surface area contributed by atoms with Crippen LogP contribution in [0.25, 0.3) is 0 Å². The Labute approximate surface area is 115 Å². The predicted molar refractivity (Wildman–Crippen MR) is 69.4 cm³/mol. The molecule has 2 aliphatic rings. The summed E-state index contributed by atoms with van der Waals surface area (Å²) in [6, 6.07) is 2.79. The highest BCUT2D eigenvalue weighted by Crippen LogP contribution is 2.27. The Morgan fingerprint density at radius 1 is 1.42 bits per heavy atom. The van der Waals surface area contributed by atoms with Crippen LogP contribution in [-0.4, -0.2) is 27.7 Å². The van der Waals surface area contributed by atoms with Crippen LogP contribution >= 0.6 is 11.6 Å². The molecule has 0 saturated carbocycles. The quantitative estimate of drug-likeness (QED) is 0.791. The van der Waals surface area contributed by atoms with Gasteiger partial charge in [-0.25, -0.2) is 4.98 Å². The van der Waals surface area contributed by atoms with E-state index in [0.717, 1.165) is 0 Å².